The summed E-state index contributed by atoms with van der Waals surface area (Å²) in [6, 6.07) is 11.7. The number of rotatable bonds is 4. The molecule has 0 aliphatic carbocycles. The van der Waals surface area contributed by atoms with Crippen molar-refractivity contribution in [2.45, 2.75) is 4.75 Å². The molecule has 152 valence electrons. The Morgan fingerprint density at radius 3 is 2.03 bits per heavy atom. The van der Waals surface area contributed by atoms with Crippen molar-refractivity contribution >= 4 is 56.5 Å². The van der Waals surface area contributed by atoms with Crippen molar-refractivity contribution in [1.29, 1.82) is 0 Å². The van der Waals surface area contributed by atoms with E-state index in [1.165, 1.54) is 48.5 Å². The van der Waals surface area contributed by atoms with Crippen LogP contribution >= 0.6 is 46.4 Å². The van der Waals surface area contributed by atoms with Gasteiger partial charge in [-0.25, -0.2) is 0 Å². The van der Waals surface area contributed by atoms with E-state index in [4.69, 9.17) is 46.4 Å². The minimum Gasteiger partial charge on any atom is -0.508 e. The van der Waals surface area contributed by atoms with Gasteiger partial charge in [-0.05, 0) is 35.9 Å². The molecule has 3 aromatic carbocycles. The molecule has 0 saturated heterocycles. The summed E-state index contributed by atoms with van der Waals surface area (Å²) >= 11 is 24.8. The molecule has 0 aliphatic rings. The molecule has 5 nitrogen and oxygen atoms in total. The van der Waals surface area contributed by atoms with Crippen LogP contribution in [-0.4, -0.2) is 23.2 Å². The summed E-state index contributed by atoms with van der Waals surface area (Å²) in [6.07, 6.45) is 0. The smallest absolute Gasteiger partial charge is 0.283 e. The van der Waals surface area contributed by atoms with Gasteiger partial charge in [0.05, 0.1) is 15.1 Å². The second kappa shape index (κ2) is 7.87. The molecule has 3 rings (SSSR count). The molecule has 1 atom stereocenters. The first-order valence-corrected chi connectivity index (χ1v) is 10.9. The standard InChI is InChI=1S/C19H12Cl4O5S/c20-13-7-8-14(21)17(23)16(13)19(29(26,27)28,10-3-1-4-11(24)9-10)12-5-2-6-15(22)18(12)25/h1-9,24-25H,(H,26,27,28). The Balaban J connectivity index is 2.68. The summed E-state index contributed by atoms with van der Waals surface area (Å²) < 4.78 is 34.0. The Morgan fingerprint density at radius 1 is 0.793 bits per heavy atom. The fourth-order valence-corrected chi connectivity index (χ4v) is 5.66. The first-order valence-electron chi connectivity index (χ1n) is 7.90. The molecule has 3 N–H and O–H groups in total. The third-order valence-electron chi connectivity index (χ3n) is 4.40. The Hall–Kier alpha value is -1.67. The van der Waals surface area contributed by atoms with Gasteiger partial charge in [-0.2, -0.15) is 8.42 Å². The molecule has 3 aromatic rings. The van der Waals surface area contributed by atoms with Gasteiger partial charge in [0.1, 0.15) is 11.5 Å². The Bertz CT molecular complexity index is 1210. The number of hydrogen-bond donors (Lipinski definition) is 3. The van der Waals surface area contributed by atoms with E-state index < -0.39 is 20.6 Å². The van der Waals surface area contributed by atoms with Gasteiger partial charge in [0.25, 0.3) is 10.1 Å². The highest BCUT2D eigenvalue weighted by molar-refractivity contribution is 7.87. The van der Waals surface area contributed by atoms with Gasteiger partial charge in [0.15, 0.2) is 4.75 Å². The SMILES string of the molecule is O=S(=O)(O)C(c1cccc(O)c1)(c1cccc(Cl)c1O)c1c(Cl)ccc(Cl)c1Cl. The van der Waals surface area contributed by atoms with Crippen LogP contribution in [0, 0.1) is 0 Å². The van der Waals surface area contributed by atoms with Crippen LogP contribution in [0.4, 0.5) is 0 Å². The van der Waals surface area contributed by atoms with Gasteiger partial charge in [0, 0.05) is 16.1 Å². The number of aromatic hydroxyl groups is 2. The van der Waals surface area contributed by atoms with Crippen molar-refractivity contribution in [3.8, 4) is 11.5 Å². The van der Waals surface area contributed by atoms with Crippen LogP contribution in [0.1, 0.15) is 16.7 Å². The summed E-state index contributed by atoms with van der Waals surface area (Å²) in [5.74, 6) is -0.923. The summed E-state index contributed by atoms with van der Waals surface area (Å²) in [4.78, 5) is 0. The Labute approximate surface area is 186 Å². The minimum atomic E-state index is -5.16. The van der Waals surface area contributed by atoms with E-state index >= 15 is 0 Å². The first-order chi connectivity index (χ1) is 13.5. The van der Waals surface area contributed by atoms with Crippen molar-refractivity contribution in [3.05, 3.63) is 91.4 Å². The molecule has 29 heavy (non-hydrogen) atoms. The van der Waals surface area contributed by atoms with Crippen molar-refractivity contribution in [2.75, 3.05) is 0 Å². The zero-order valence-electron chi connectivity index (χ0n) is 14.3. The summed E-state index contributed by atoms with van der Waals surface area (Å²) in [5.41, 5.74) is -0.785. The predicted molar refractivity (Wildman–Crippen MR) is 114 cm³/mol. The maximum absolute atomic E-state index is 13.0. The fraction of sp³-hybridized carbons (Fsp3) is 0.0526. The normalized spacial score (nSPS) is 13.8. The lowest BCUT2D eigenvalue weighted by Gasteiger charge is -2.34. The Morgan fingerprint density at radius 2 is 1.41 bits per heavy atom. The second-order valence-corrected chi connectivity index (χ2v) is 9.22. The van der Waals surface area contributed by atoms with E-state index in [-0.39, 0.29) is 42.5 Å². The molecule has 0 aliphatic heterocycles. The number of phenolic OH excluding ortho intramolecular Hbond substituents is 2. The lowest BCUT2D eigenvalue weighted by molar-refractivity contribution is 0.439. The first kappa shape index (κ1) is 22.0. The average Bonchev–Trinajstić information content (AvgIpc) is 2.64. The molecule has 1 unspecified atom stereocenters. The summed E-state index contributed by atoms with van der Waals surface area (Å²) in [5, 5.41) is 20.0. The number of phenols is 2. The molecule has 0 radical (unpaired) electrons. The molecule has 10 heteroatoms. The van der Waals surface area contributed by atoms with Crippen molar-refractivity contribution < 1.29 is 23.2 Å². The molecule has 0 heterocycles. The minimum absolute atomic E-state index is 0.0410. The van der Waals surface area contributed by atoms with Crippen molar-refractivity contribution in [2.24, 2.45) is 0 Å². The highest BCUT2D eigenvalue weighted by atomic mass is 35.5. The molecule has 0 spiro atoms. The lowest BCUT2D eigenvalue weighted by atomic mass is 9.83. The van der Waals surface area contributed by atoms with Crippen molar-refractivity contribution in [3.63, 3.8) is 0 Å². The van der Waals surface area contributed by atoms with E-state index in [2.05, 4.69) is 0 Å². The van der Waals surface area contributed by atoms with E-state index in [1.54, 1.807) is 0 Å². The van der Waals surface area contributed by atoms with Gasteiger partial charge >= 0.3 is 0 Å². The zero-order chi connectivity index (χ0) is 21.6. The molecule has 0 saturated carbocycles. The molecular formula is C19H12Cl4O5S. The van der Waals surface area contributed by atoms with Gasteiger partial charge in [0.2, 0.25) is 0 Å². The Kier molecular flexibility index (Phi) is 5.98. The van der Waals surface area contributed by atoms with Crippen LogP contribution in [-0.2, 0) is 14.9 Å². The van der Waals surface area contributed by atoms with Gasteiger partial charge in [-0.15, -0.1) is 0 Å². The van der Waals surface area contributed by atoms with E-state index in [0.29, 0.717) is 0 Å². The van der Waals surface area contributed by atoms with Crippen LogP contribution in [0.25, 0.3) is 0 Å². The van der Waals surface area contributed by atoms with Crippen LogP contribution in [0.3, 0.4) is 0 Å². The number of benzene rings is 3. The third-order valence-corrected chi connectivity index (χ3v) is 7.26. The zero-order valence-corrected chi connectivity index (χ0v) is 18.1. The molecular weight excluding hydrogens is 482 g/mol. The molecule has 0 fully saturated rings. The topological polar surface area (TPSA) is 94.8 Å². The highest BCUT2D eigenvalue weighted by Crippen LogP contribution is 2.53. The number of hydrogen-bond acceptors (Lipinski definition) is 4. The lowest BCUT2D eigenvalue weighted by Crippen LogP contribution is -2.39. The van der Waals surface area contributed by atoms with E-state index in [9.17, 15) is 23.2 Å². The predicted octanol–water partition coefficient (Wildman–Crippen LogP) is 5.89. The maximum atomic E-state index is 13.0. The van der Waals surface area contributed by atoms with Crippen LogP contribution in [0.5, 0.6) is 11.5 Å². The molecule has 0 bridgehead atoms. The number of para-hydroxylation sites is 1. The monoisotopic (exact) mass is 492 g/mol. The van der Waals surface area contributed by atoms with Gasteiger partial charge in [-0.1, -0.05) is 70.7 Å². The van der Waals surface area contributed by atoms with E-state index in [0.717, 1.165) is 6.07 Å². The maximum Gasteiger partial charge on any atom is 0.283 e. The van der Waals surface area contributed by atoms with Gasteiger partial charge < -0.3 is 10.2 Å². The van der Waals surface area contributed by atoms with Crippen molar-refractivity contribution in [1.82, 2.24) is 0 Å². The fourth-order valence-electron chi connectivity index (χ4n) is 3.23. The molecule has 0 amide bonds. The summed E-state index contributed by atoms with van der Waals surface area (Å²) in [6.45, 7) is 0. The average molecular weight is 494 g/mol. The largest absolute Gasteiger partial charge is 0.508 e. The second-order valence-electron chi connectivity index (χ2n) is 6.06. The van der Waals surface area contributed by atoms with Crippen LogP contribution < -0.4 is 0 Å². The van der Waals surface area contributed by atoms with Gasteiger partial charge in [-0.3, -0.25) is 4.55 Å². The highest BCUT2D eigenvalue weighted by Gasteiger charge is 2.53. The quantitative estimate of drug-likeness (QED) is 0.239. The number of halogens is 4. The van der Waals surface area contributed by atoms with Crippen LogP contribution in [0.15, 0.2) is 54.6 Å². The van der Waals surface area contributed by atoms with E-state index in [1.807, 2.05) is 0 Å². The third kappa shape index (κ3) is 3.54. The summed E-state index contributed by atoms with van der Waals surface area (Å²) in [7, 11) is -5.16. The molecule has 0 aromatic heterocycles. The van der Waals surface area contributed by atoms with Crippen LogP contribution in [0.2, 0.25) is 20.1 Å².